The highest BCUT2D eigenvalue weighted by atomic mass is 32.2. The summed E-state index contributed by atoms with van der Waals surface area (Å²) < 4.78 is 1.83. The molecule has 0 N–H and O–H groups in total. The molecule has 0 fully saturated rings. The van der Waals surface area contributed by atoms with Gasteiger partial charge in [-0.2, -0.15) is 9.50 Å². The van der Waals surface area contributed by atoms with Crippen molar-refractivity contribution in [3.63, 3.8) is 0 Å². The van der Waals surface area contributed by atoms with E-state index in [-0.39, 0.29) is 0 Å². The van der Waals surface area contributed by atoms with Crippen molar-refractivity contribution in [1.29, 1.82) is 0 Å². The SMILES string of the molecule is c1ccc(CSc2nc3nccc(-c4ccc5ccccc5c4)n3n2)cc1. The van der Waals surface area contributed by atoms with E-state index in [2.05, 4.69) is 64.6 Å². The third-order valence-electron chi connectivity index (χ3n) is 4.48. The van der Waals surface area contributed by atoms with Crippen LogP contribution >= 0.6 is 11.8 Å². The first-order valence-electron chi connectivity index (χ1n) is 8.74. The Bertz CT molecular complexity index is 1230. The molecule has 0 radical (unpaired) electrons. The number of nitrogens with zero attached hydrogens (tertiary/aromatic N) is 4. The Morgan fingerprint density at radius 2 is 1.63 bits per heavy atom. The van der Waals surface area contributed by atoms with E-state index in [1.807, 2.05) is 28.8 Å². The molecule has 0 aliphatic rings. The second-order valence-corrected chi connectivity index (χ2v) is 7.21. The smallest absolute Gasteiger partial charge is 0.220 e. The van der Waals surface area contributed by atoms with Gasteiger partial charge in [-0.1, -0.05) is 78.5 Å². The molecule has 3 aromatic carbocycles. The lowest BCUT2D eigenvalue weighted by Gasteiger charge is -2.05. The van der Waals surface area contributed by atoms with Crippen molar-refractivity contribution < 1.29 is 0 Å². The average molecular weight is 368 g/mol. The molecular weight excluding hydrogens is 352 g/mol. The molecule has 0 amide bonds. The second kappa shape index (κ2) is 6.85. The van der Waals surface area contributed by atoms with Crippen LogP contribution in [-0.2, 0) is 5.75 Å². The molecule has 0 spiro atoms. The molecule has 5 heteroatoms. The average Bonchev–Trinajstić information content (AvgIpc) is 3.16. The predicted octanol–water partition coefficient (Wildman–Crippen LogP) is 5.24. The number of rotatable bonds is 4. The van der Waals surface area contributed by atoms with E-state index in [1.54, 1.807) is 18.0 Å². The maximum absolute atomic E-state index is 4.69. The highest BCUT2D eigenvalue weighted by Crippen LogP contribution is 2.26. The Kier molecular flexibility index (Phi) is 4.07. The number of benzene rings is 3. The molecular formula is C22H16N4S. The lowest BCUT2D eigenvalue weighted by Crippen LogP contribution is -1.95. The zero-order valence-corrected chi connectivity index (χ0v) is 15.3. The molecule has 130 valence electrons. The molecule has 0 atom stereocenters. The highest BCUT2D eigenvalue weighted by molar-refractivity contribution is 7.98. The molecule has 0 bridgehead atoms. The quantitative estimate of drug-likeness (QED) is 0.407. The van der Waals surface area contributed by atoms with Crippen LogP contribution in [0.1, 0.15) is 5.56 Å². The van der Waals surface area contributed by atoms with Gasteiger partial charge >= 0.3 is 0 Å². The summed E-state index contributed by atoms with van der Waals surface area (Å²) in [6.45, 7) is 0. The van der Waals surface area contributed by atoms with Gasteiger partial charge in [-0.3, -0.25) is 0 Å². The van der Waals surface area contributed by atoms with Gasteiger partial charge in [0.1, 0.15) is 0 Å². The minimum absolute atomic E-state index is 0.622. The largest absolute Gasteiger partial charge is 0.253 e. The summed E-state index contributed by atoms with van der Waals surface area (Å²) in [4.78, 5) is 8.96. The summed E-state index contributed by atoms with van der Waals surface area (Å²) in [5.74, 6) is 1.46. The van der Waals surface area contributed by atoms with Crippen LogP contribution in [0.2, 0.25) is 0 Å². The zero-order chi connectivity index (χ0) is 18.1. The van der Waals surface area contributed by atoms with Crippen LogP contribution < -0.4 is 0 Å². The highest BCUT2D eigenvalue weighted by Gasteiger charge is 2.11. The molecule has 27 heavy (non-hydrogen) atoms. The van der Waals surface area contributed by atoms with E-state index >= 15 is 0 Å². The van der Waals surface area contributed by atoms with Crippen molar-refractivity contribution in [2.24, 2.45) is 0 Å². The van der Waals surface area contributed by atoms with Gasteiger partial charge in [0.05, 0.1) is 5.69 Å². The van der Waals surface area contributed by atoms with E-state index < -0.39 is 0 Å². The normalized spacial score (nSPS) is 11.3. The van der Waals surface area contributed by atoms with Crippen LogP contribution in [0, 0.1) is 0 Å². The van der Waals surface area contributed by atoms with Gasteiger partial charge in [-0.05, 0) is 28.5 Å². The van der Waals surface area contributed by atoms with E-state index in [0.29, 0.717) is 5.78 Å². The maximum Gasteiger partial charge on any atom is 0.253 e. The molecule has 2 heterocycles. The Morgan fingerprint density at radius 1 is 0.815 bits per heavy atom. The Hall–Kier alpha value is -3.18. The first-order valence-corrected chi connectivity index (χ1v) is 9.73. The van der Waals surface area contributed by atoms with Crippen molar-refractivity contribution in [2.75, 3.05) is 0 Å². The van der Waals surface area contributed by atoms with Crippen molar-refractivity contribution >= 4 is 28.3 Å². The Morgan fingerprint density at radius 3 is 2.52 bits per heavy atom. The molecule has 0 aliphatic heterocycles. The maximum atomic E-state index is 4.69. The number of fused-ring (bicyclic) bond motifs is 2. The summed E-state index contributed by atoms with van der Waals surface area (Å²) >= 11 is 1.62. The minimum atomic E-state index is 0.622. The van der Waals surface area contributed by atoms with Gasteiger partial charge in [0, 0.05) is 17.5 Å². The van der Waals surface area contributed by atoms with Crippen molar-refractivity contribution in [2.45, 2.75) is 10.9 Å². The summed E-state index contributed by atoms with van der Waals surface area (Å²) in [5, 5.41) is 7.86. The van der Waals surface area contributed by atoms with Crippen molar-refractivity contribution in [1.82, 2.24) is 19.6 Å². The molecule has 5 aromatic rings. The van der Waals surface area contributed by atoms with E-state index in [0.717, 1.165) is 22.2 Å². The summed E-state index contributed by atoms with van der Waals surface area (Å²) in [7, 11) is 0. The zero-order valence-electron chi connectivity index (χ0n) is 14.5. The first kappa shape index (κ1) is 16.0. The standard InChI is InChI=1S/C22H16N4S/c1-2-6-16(7-3-1)15-27-22-24-21-23-13-12-20(26(21)25-22)19-11-10-17-8-4-5-9-18(17)14-19/h1-14H,15H2. The second-order valence-electron chi connectivity index (χ2n) is 6.27. The van der Waals surface area contributed by atoms with Crippen LogP contribution in [0.25, 0.3) is 27.8 Å². The first-order chi connectivity index (χ1) is 13.4. The van der Waals surface area contributed by atoms with Gasteiger partial charge in [0.25, 0.3) is 5.78 Å². The summed E-state index contributed by atoms with van der Waals surface area (Å²) in [6, 6.07) is 27.1. The van der Waals surface area contributed by atoms with Crippen LogP contribution in [0.4, 0.5) is 0 Å². The third kappa shape index (κ3) is 3.17. The van der Waals surface area contributed by atoms with Gasteiger partial charge in [-0.25, -0.2) is 4.98 Å². The lowest BCUT2D eigenvalue weighted by molar-refractivity contribution is 0.886. The Labute approximate surface area is 160 Å². The summed E-state index contributed by atoms with van der Waals surface area (Å²) in [5.41, 5.74) is 3.35. The van der Waals surface area contributed by atoms with Crippen LogP contribution in [0.15, 0.2) is 90.2 Å². The molecule has 0 aliphatic carbocycles. The van der Waals surface area contributed by atoms with Crippen molar-refractivity contribution in [3.8, 4) is 11.3 Å². The molecule has 0 unspecified atom stereocenters. The minimum Gasteiger partial charge on any atom is -0.220 e. The van der Waals surface area contributed by atoms with Crippen LogP contribution in [0.5, 0.6) is 0 Å². The Balaban J connectivity index is 1.51. The molecule has 0 saturated carbocycles. The molecule has 4 nitrogen and oxygen atoms in total. The summed E-state index contributed by atoms with van der Waals surface area (Å²) in [6.07, 6.45) is 1.79. The number of thioether (sulfide) groups is 1. The van der Waals surface area contributed by atoms with Gasteiger partial charge in [-0.15, -0.1) is 5.10 Å². The van der Waals surface area contributed by atoms with Crippen LogP contribution in [-0.4, -0.2) is 19.6 Å². The monoisotopic (exact) mass is 368 g/mol. The van der Waals surface area contributed by atoms with Gasteiger partial charge in [0.15, 0.2) is 0 Å². The topological polar surface area (TPSA) is 43.1 Å². The van der Waals surface area contributed by atoms with E-state index in [1.165, 1.54) is 16.3 Å². The fraction of sp³-hybridized carbons (Fsp3) is 0.0455. The number of hydrogen-bond donors (Lipinski definition) is 0. The number of hydrogen-bond acceptors (Lipinski definition) is 4. The lowest BCUT2D eigenvalue weighted by atomic mass is 10.1. The van der Waals surface area contributed by atoms with Crippen molar-refractivity contribution in [3.05, 3.63) is 90.6 Å². The molecule has 5 rings (SSSR count). The van der Waals surface area contributed by atoms with Gasteiger partial charge in [0.2, 0.25) is 5.16 Å². The fourth-order valence-corrected chi connectivity index (χ4v) is 3.90. The molecule has 0 saturated heterocycles. The number of aromatic nitrogens is 4. The van der Waals surface area contributed by atoms with Crippen LogP contribution in [0.3, 0.4) is 0 Å². The van der Waals surface area contributed by atoms with E-state index in [9.17, 15) is 0 Å². The molecule has 2 aromatic heterocycles. The van der Waals surface area contributed by atoms with Gasteiger partial charge < -0.3 is 0 Å². The fourth-order valence-electron chi connectivity index (χ4n) is 3.13. The third-order valence-corrected chi connectivity index (χ3v) is 5.39. The van der Waals surface area contributed by atoms with E-state index in [4.69, 9.17) is 5.10 Å². The predicted molar refractivity (Wildman–Crippen MR) is 110 cm³/mol.